The summed E-state index contributed by atoms with van der Waals surface area (Å²) in [4.78, 5) is 19.3. The van der Waals surface area contributed by atoms with Crippen LogP contribution in [0.2, 0.25) is 10.2 Å². The number of carboxylic acid groups (broad SMARTS) is 1. The van der Waals surface area contributed by atoms with E-state index < -0.39 is 29.9 Å². The maximum atomic E-state index is 12.9. The van der Waals surface area contributed by atoms with Crippen molar-refractivity contribution in [2.24, 2.45) is 5.92 Å². The van der Waals surface area contributed by atoms with E-state index in [1.807, 2.05) is 0 Å². The lowest BCUT2D eigenvalue weighted by Gasteiger charge is -2.15. The standard InChI is InChI=1S/C13H7Cl2F3N2O2/c14-6-2-9(15)20-7-1-5(4-19-10(6)7)12(11(21)22)3-8(12)13(16,17)18/h1-2,4,8H,3H2,(H,21,22). The lowest BCUT2D eigenvalue weighted by Crippen LogP contribution is -2.28. The predicted molar refractivity (Wildman–Crippen MR) is 73.0 cm³/mol. The minimum atomic E-state index is -4.59. The van der Waals surface area contributed by atoms with E-state index in [9.17, 15) is 23.1 Å². The van der Waals surface area contributed by atoms with Crippen molar-refractivity contribution in [3.63, 3.8) is 0 Å². The Hall–Kier alpha value is -1.60. The number of carboxylic acids is 1. The molecule has 1 aliphatic carbocycles. The molecule has 1 aliphatic rings. The second-order valence-corrected chi connectivity index (χ2v) is 5.89. The summed E-state index contributed by atoms with van der Waals surface area (Å²) in [6, 6.07) is 2.60. The summed E-state index contributed by atoms with van der Waals surface area (Å²) in [7, 11) is 0. The molecule has 0 spiro atoms. The van der Waals surface area contributed by atoms with Gasteiger partial charge in [0.05, 0.1) is 16.5 Å². The molecule has 2 aromatic rings. The van der Waals surface area contributed by atoms with Gasteiger partial charge in [-0.3, -0.25) is 9.78 Å². The molecule has 9 heteroatoms. The Morgan fingerprint density at radius 2 is 2.05 bits per heavy atom. The van der Waals surface area contributed by atoms with Gasteiger partial charge in [0, 0.05) is 6.20 Å². The molecule has 2 heterocycles. The van der Waals surface area contributed by atoms with Crippen molar-refractivity contribution < 1.29 is 23.1 Å². The van der Waals surface area contributed by atoms with Crippen molar-refractivity contribution in [3.05, 3.63) is 34.1 Å². The van der Waals surface area contributed by atoms with Crippen molar-refractivity contribution in [1.82, 2.24) is 9.97 Å². The summed E-state index contributed by atoms with van der Waals surface area (Å²) in [6.45, 7) is 0. The van der Waals surface area contributed by atoms with Crippen LogP contribution in [-0.2, 0) is 10.2 Å². The molecule has 116 valence electrons. The van der Waals surface area contributed by atoms with E-state index in [1.54, 1.807) is 0 Å². The number of alkyl halides is 3. The van der Waals surface area contributed by atoms with Gasteiger partial charge in [-0.15, -0.1) is 0 Å². The Morgan fingerprint density at radius 3 is 2.59 bits per heavy atom. The molecule has 22 heavy (non-hydrogen) atoms. The molecule has 0 bridgehead atoms. The third-order valence-corrected chi connectivity index (χ3v) is 4.30. The monoisotopic (exact) mass is 350 g/mol. The Morgan fingerprint density at radius 1 is 1.36 bits per heavy atom. The summed E-state index contributed by atoms with van der Waals surface area (Å²) < 4.78 is 38.6. The van der Waals surface area contributed by atoms with E-state index in [1.165, 1.54) is 12.1 Å². The molecule has 2 atom stereocenters. The van der Waals surface area contributed by atoms with Gasteiger partial charge in [0.15, 0.2) is 0 Å². The van der Waals surface area contributed by atoms with E-state index in [0.29, 0.717) is 0 Å². The van der Waals surface area contributed by atoms with Crippen LogP contribution < -0.4 is 0 Å². The van der Waals surface area contributed by atoms with Gasteiger partial charge in [0.25, 0.3) is 0 Å². The summed E-state index contributed by atoms with van der Waals surface area (Å²) in [5.41, 5.74) is -1.67. The van der Waals surface area contributed by atoms with Crippen LogP contribution in [0.5, 0.6) is 0 Å². The van der Waals surface area contributed by atoms with Crippen LogP contribution in [0, 0.1) is 5.92 Å². The van der Waals surface area contributed by atoms with Crippen molar-refractivity contribution in [2.75, 3.05) is 0 Å². The van der Waals surface area contributed by atoms with Crippen molar-refractivity contribution in [3.8, 4) is 0 Å². The number of hydrogen-bond acceptors (Lipinski definition) is 3. The molecule has 1 N–H and O–H groups in total. The number of halogens is 5. The van der Waals surface area contributed by atoms with Crippen LogP contribution in [0.25, 0.3) is 11.0 Å². The molecule has 2 aromatic heterocycles. The van der Waals surface area contributed by atoms with Crippen LogP contribution in [0.15, 0.2) is 18.3 Å². The van der Waals surface area contributed by atoms with Crippen molar-refractivity contribution >= 4 is 40.2 Å². The number of hydrogen-bond donors (Lipinski definition) is 1. The third kappa shape index (κ3) is 2.19. The van der Waals surface area contributed by atoms with E-state index in [2.05, 4.69) is 9.97 Å². The highest BCUT2D eigenvalue weighted by Crippen LogP contribution is 2.61. The summed E-state index contributed by atoms with van der Waals surface area (Å²) in [5, 5.41) is 9.51. The first-order valence-corrected chi connectivity index (χ1v) is 6.84. The molecule has 3 rings (SSSR count). The number of carbonyl (C=O) groups is 1. The Bertz CT molecular complexity index is 797. The van der Waals surface area contributed by atoms with Gasteiger partial charge >= 0.3 is 12.1 Å². The fraction of sp³-hybridized carbons (Fsp3) is 0.308. The summed E-state index contributed by atoms with van der Waals surface area (Å²) in [6.07, 6.45) is -4.01. The normalized spacial score (nSPS) is 24.5. The number of nitrogens with zero attached hydrogens (tertiary/aromatic N) is 2. The lowest BCUT2D eigenvalue weighted by molar-refractivity contribution is -0.162. The molecule has 4 nitrogen and oxygen atoms in total. The van der Waals surface area contributed by atoms with Crippen molar-refractivity contribution in [2.45, 2.75) is 18.0 Å². The van der Waals surface area contributed by atoms with Crippen LogP contribution in [0.3, 0.4) is 0 Å². The molecule has 0 aliphatic heterocycles. The fourth-order valence-corrected chi connectivity index (χ4v) is 3.13. The lowest BCUT2D eigenvalue weighted by atomic mass is 9.94. The number of rotatable bonds is 2. The minimum Gasteiger partial charge on any atom is -0.481 e. The smallest absolute Gasteiger partial charge is 0.393 e. The number of pyridine rings is 2. The zero-order valence-electron chi connectivity index (χ0n) is 10.7. The average Bonchev–Trinajstić information content (AvgIpc) is 3.14. The largest absolute Gasteiger partial charge is 0.481 e. The van der Waals surface area contributed by atoms with E-state index in [0.717, 1.165) is 6.20 Å². The molecule has 0 saturated heterocycles. The Kier molecular flexibility index (Phi) is 3.27. The van der Waals surface area contributed by atoms with Crippen LogP contribution in [0.4, 0.5) is 13.2 Å². The number of aromatic nitrogens is 2. The van der Waals surface area contributed by atoms with E-state index >= 15 is 0 Å². The molecular formula is C13H7Cl2F3N2O2. The van der Waals surface area contributed by atoms with Gasteiger partial charge in [-0.25, -0.2) is 4.98 Å². The van der Waals surface area contributed by atoms with Gasteiger partial charge in [0.2, 0.25) is 0 Å². The van der Waals surface area contributed by atoms with E-state index in [-0.39, 0.29) is 26.8 Å². The molecule has 0 aromatic carbocycles. The fourth-order valence-electron chi connectivity index (χ4n) is 2.62. The minimum absolute atomic E-state index is 0.0454. The van der Waals surface area contributed by atoms with Crippen LogP contribution in [0.1, 0.15) is 12.0 Å². The molecule has 1 fully saturated rings. The van der Waals surface area contributed by atoms with Crippen LogP contribution in [-0.4, -0.2) is 27.2 Å². The first kappa shape index (κ1) is 15.3. The van der Waals surface area contributed by atoms with Crippen molar-refractivity contribution in [1.29, 1.82) is 0 Å². The topological polar surface area (TPSA) is 63.1 Å². The second kappa shape index (κ2) is 4.70. The molecule has 0 radical (unpaired) electrons. The highest BCUT2D eigenvalue weighted by atomic mass is 35.5. The number of aliphatic carboxylic acids is 1. The highest BCUT2D eigenvalue weighted by molar-refractivity contribution is 6.37. The van der Waals surface area contributed by atoms with Gasteiger partial charge in [-0.05, 0) is 24.1 Å². The first-order valence-electron chi connectivity index (χ1n) is 6.08. The van der Waals surface area contributed by atoms with Gasteiger partial charge < -0.3 is 5.11 Å². The SMILES string of the molecule is O=C(O)C1(c2cnc3c(Cl)cc(Cl)nc3c2)CC1C(F)(F)F. The summed E-state index contributed by atoms with van der Waals surface area (Å²) in [5.74, 6) is -3.48. The third-order valence-electron chi connectivity index (χ3n) is 3.82. The van der Waals surface area contributed by atoms with Gasteiger partial charge in [0.1, 0.15) is 16.1 Å². The average molecular weight is 351 g/mol. The molecular weight excluding hydrogens is 344 g/mol. The maximum Gasteiger partial charge on any atom is 0.393 e. The Balaban J connectivity index is 2.15. The van der Waals surface area contributed by atoms with Crippen LogP contribution >= 0.6 is 23.2 Å². The summed E-state index contributed by atoms with van der Waals surface area (Å²) >= 11 is 11.7. The zero-order valence-corrected chi connectivity index (χ0v) is 12.2. The van der Waals surface area contributed by atoms with Gasteiger partial charge in [-0.1, -0.05) is 23.2 Å². The second-order valence-electron chi connectivity index (χ2n) is 5.09. The zero-order chi connectivity index (χ0) is 16.3. The molecule has 0 amide bonds. The quantitative estimate of drug-likeness (QED) is 0.835. The van der Waals surface area contributed by atoms with E-state index in [4.69, 9.17) is 23.2 Å². The highest BCUT2D eigenvalue weighted by Gasteiger charge is 2.72. The predicted octanol–water partition coefficient (Wildman–Crippen LogP) is 3.84. The molecule has 2 unspecified atom stereocenters. The Labute approximate surface area is 131 Å². The first-order chi connectivity index (χ1) is 10.2. The number of fused-ring (bicyclic) bond motifs is 1. The maximum absolute atomic E-state index is 12.9. The van der Waals surface area contributed by atoms with Gasteiger partial charge in [-0.2, -0.15) is 13.2 Å². The molecule has 1 saturated carbocycles.